The minimum atomic E-state index is -0.875. The van der Waals surface area contributed by atoms with Crippen LogP contribution in [0.15, 0.2) is 24.3 Å². The molecule has 0 aromatic heterocycles. The number of anilines is 1. The molecule has 0 unspecified atom stereocenters. The lowest BCUT2D eigenvalue weighted by Gasteiger charge is -2.09. The number of ether oxygens (including phenoxy) is 5. The third-order valence-electron chi connectivity index (χ3n) is 3.25. The summed E-state index contributed by atoms with van der Waals surface area (Å²) < 4.78 is 26.7. The maximum atomic E-state index is 10.9. The van der Waals surface area contributed by atoms with Crippen LogP contribution in [0.5, 0.6) is 5.75 Å². The summed E-state index contributed by atoms with van der Waals surface area (Å²) in [5.74, 6) is -0.281. The van der Waals surface area contributed by atoms with Crippen molar-refractivity contribution in [2.45, 2.75) is 13.3 Å². The molecule has 0 saturated carbocycles. The van der Waals surface area contributed by atoms with Crippen molar-refractivity contribution >= 4 is 17.6 Å². The second-order valence-corrected chi connectivity index (χ2v) is 5.65. The topological polar surface area (TPSA) is 113 Å². The van der Waals surface area contributed by atoms with Gasteiger partial charge in [-0.2, -0.15) is 0 Å². The normalized spacial score (nSPS) is 10.6. The molecule has 0 saturated heterocycles. The first-order valence-corrected chi connectivity index (χ1v) is 9.11. The molecule has 0 aliphatic rings. The van der Waals surface area contributed by atoms with Crippen molar-refractivity contribution < 1.29 is 38.4 Å². The molecule has 0 atom stereocenters. The fraction of sp³-hybridized carbons (Fsp3) is 0.579. The number of amides is 1. The summed E-state index contributed by atoms with van der Waals surface area (Å²) >= 11 is 0. The van der Waals surface area contributed by atoms with Gasteiger partial charge in [-0.15, -0.1) is 0 Å². The van der Waals surface area contributed by atoms with Crippen molar-refractivity contribution in [3.63, 3.8) is 0 Å². The zero-order valence-corrected chi connectivity index (χ0v) is 16.2. The van der Waals surface area contributed by atoms with E-state index in [1.165, 1.54) is 6.92 Å². The Bertz CT molecular complexity index is 549. The van der Waals surface area contributed by atoms with Gasteiger partial charge in [0.15, 0.2) is 0 Å². The van der Waals surface area contributed by atoms with Crippen LogP contribution < -0.4 is 10.1 Å². The number of nitrogens with one attached hydrogen (secondary N) is 1. The van der Waals surface area contributed by atoms with Gasteiger partial charge in [0.2, 0.25) is 5.91 Å². The Labute approximate surface area is 164 Å². The molecule has 0 bridgehead atoms. The lowest BCUT2D eigenvalue weighted by Crippen LogP contribution is -2.14. The third-order valence-corrected chi connectivity index (χ3v) is 3.25. The van der Waals surface area contributed by atoms with Crippen molar-refractivity contribution in [1.82, 2.24) is 0 Å². The van der Waals surface area contributed by atoms with E-state index in [9.17, 15) is 9.59 Å². The van der Waals surface area contributed by atoms with Crippen LogP contribution in [-0.4, -0.2) is 76.4 Å². The molecule has 1 aromatic rings. The van der Waals surface area contributed by atoms with E-state index in [2.05, 4.69) is 5.32 Å². The molecule has 28 heavy (non-hydrogen) atoms. The van der Waals surface area contributed by atoms with Gasteiger partial charge in [-0.05, 0) is 24.3 Å². The van der Waals surface area contributed by atoms with Crippen molar-refractivity contribution in [3.8, 4) is 5.75 Å². The SMILES string of the molecule is CC(=O)Nc1ccc(OCCOCCOCCOCCOCCC(=O)O)cc1. The highest BCUT2D eigenvalue weighted by Crippen LogP contribution is 2.15. The zero-order valence-electron chi connectivity index (χ0n) is 16.2. The molecule has 1 rings (SSSR count). The second kappa shape index (κ2) is 15.8. The highest BCUT2D eigenvalue weighted by atomic mass is 16.6. The first-order valence-electron chi connectivity index (χ1n) is 9.11. The molecule has 0 heterocycles. The number of rotatable bonds is 17. The van der Waals surface area contributed by atoms with Gasteiger partial charge >= 0.3 is 5.97 Å². The number of carbonyl (C=O) groups is 2. The van der Waals surface area contributed by atoms with Crippen LogP contribution >= 0.6 is 0 Å². The molecule has 0 fully saturated rings. The molecule has 1 aromatic carbocycles. The predicted molar refractivity (Wildman–Crippen MR) is 102 cm³/mol. The van der Waals surface area contributed by atoms with Crippen LogP contribution in [0.3, 0.4) is 0 Å². The number of benzene rings is 1. The molecule has 9 nitrogen and oxygen atoms in total. The van der Waals surface area contributed by atoms with E-state index in [1.54, 1.807) is 24.3 Å². The zero-order chi connectivity index (χ0) is 20.5. The van der Waals surface area contributed by atoms with Crippen molar-refractivity contribution in [3.05, 3.63) is 24.3 Å². The van der Waals surface area contributed by atoms with Crippen molar-refractivity contribution in [2.24, 2.45) is 0 Å². The van der Waals surface area contributed by atoms with Gasteiger partial charge in [0.05, 0.1) is 59.3 Å². The lowest BCUT2D eigenvalue weighted by atomic mass is 10.3. The highest BCUT2D eigenvalue weighted by Gasteiger charge is 1.98. The maximum absolute atomic E-state index is 10.9. The van der Waals surface area contributed by atoms with E-state index in [4.69, 9.17) is 28.8 Å². The van der Waals surface area contributed by atoms with E-state index < -0.39 is 5.97 Å². The number of carbonyl (C=O) groups excluding carboxylic acids is 1. The van der Waals surface area contributed by atoms with Gasteiger partial charge in [0, 0.05) is 12.6 Å². The standard InChI is InChI=1S/C19H29NO8/c1-16(21)20-17-2-4-18(5-3-17)28-15-14-27-13-12-26-11-10-25-9-8-24-7-6-19(22)23/h2-5H,6-15H2,1H3,(H,20,21)(H,22,23). The van der Waals surface area contributed by atoms with Crippen LogP contribution in [-0.2, 0) is 28.5 Å². The van der Waals surface area contributed by atoms with Crippen molar-refractivity contribution in [2.75, 3.05) is 64.8 Å². The summed E-state index contributed by atoms with van der Waals surface area (Å²) in [5, 5.41) is 11.1. The molecule has 0 spiro atoms. The monoisotopic (exact) mass is 399 g/mol. The summed E-state index contributed by atoms with van der Waals surface area (Å²) in [6.07, 6.45) is -0.000959. The number of carboxylic acids is 1. The Morgan fingerprint density at radius 1 is 0.786 bits per heavy atom. The fourth-order valence-corrected chi connectivity index (χ4v) is 1.98. The van der Waals surface area contributed by atoms with E-state index in [0.717, 1.165) is 5.69 Å². The number of carboxylic acid groups (broad SMARTS) is 1. The minimum Gasteiger partial charge on any atom is -0.491 e. The molecule has 9 heteroatoms. The van der Waals surface area contributed by atoms with Gasteiger partial charge in [0.1, 0.15) is 12.4 Å². The van der Waals surface area contributed by atoms with Crippen LogP contribution in [0.4, 0.5) is 5.69 Å². The average molecular weight is 399 g/mol. The molecule has 0 aliphatic carbocycles. The van der Waals surface area contributed by atoms with E-state index >= 15 is 0 Å². The molecule has 2 N–H and O–H groups in total. The smallest absolute Gasteiger partial charge is 0.305 e. The second-order valence-electron chi connectivity index (χ2n) is 5.65. The Kier molecular flexibility index (Phi) is 13.5. The Morgan fingerprint density at radius 2 is 1.25 bits per heavy atom. The lowest BCUT2D eigenvalue weighted by molar-refractivity contribution is -0.138. The first kappa shape index (κ1) is 23.8. The van der Waals surface area contributed by atoms with Gasteiger partial charge in [0.25, 0.3) is 0 Å². The first-order chi connectivity index (χ1) is 13.6. The molecule has 1 amide bonds. The number of hydrogen-bond acceptors (Lipinski definition) is 7. The summed E-state index contributed by atoms with van der Waals surface area (Å²) in [4.78, 5) is 21.2. The highest BCUT2D eigenvalue weighted by molar-refractivity contribution is 5.88. The van der Waals surface area contributed by atoms with Gasteiger partial charge < -0.3 is 34.1 Å². The van der Waals surface area contributed by atoms with E-state index in [1.807, 2.05) is 0 Å². The average Bonchev–Trinajstić information content (AvgIpc) is 2.65. The predicted octanol–water partition coefficient (Wildman–Crippen LogP) is 1.56. The Balaban J connectivity index is 1.84. The number of aliphatic carboxylic acids is 1. The summed E-state index contributed by atoms with van der Waals surface area (Å²) in [6.45, 7) is 5.11. The van der Waals surface area contributed by atoms with Gasteiger partial charge in [-0.3, -0.25) is 9.59 Å². The van der Waals surface area contributed by atoms with Crippen molar-refractivity contribution in [1.29, 1.82) is 0 Å². The molecular weight excluding hydrogens is 370 g/mol. The number of hydrogen-bond donors (Lipinski definition) is 2. The molecule has 0 radical (unpaired) electrons. The largest absolute Gasteiger partial charge is 0.491 e. The Morgan fingerprint density at radius 3 is 1.71 bits per heavy atom. The summed E-state index contributed by atoms with van der Waals surface area (Å²) in [5.41, 5.74) is 0.725. The molecule has 0 aliphatic heterocycles. The third kappa shape index (κ3) is 13.9. The van der Waals surface area contributed by atoms with Crippen LogP contribution in [0.25, 0.3) is 0 Å². The quantitative estimate of drug-likeness (QED) is 0.380. The van der Waals surface area contributed by atoms with E-state index in [-0.39, 0.29) is 18.9 Å². The van der Waals surface area contributed by atoms with Gasteiger partial charge in [-0.25, -0.2) is 0 Å². The maximum Gasteiger partial charge on any atom is 0.305 e. The van der Waals surface area contributed by atoms with Crippen LogP contribution in [0.1, 0.15) is 13.3 Å². The van der Waals surface area contributed by atoms with Gasteiger partial charge in [-0.1, -0.05) is 0 Å². The minimum absolute atomic E-state index is 0.000959. The molecule has 158 valence electrons. The molecular formula is C19H29NO8. The van der Waals surface area contributed by atoms with Crippen LogP contribution in [0, 0.1) is 0 Å². The Hall–Kier alpha value is -2.20. The fourth-order valence-electron chi connectivity index (χ4n) is 1.98. The summed E-state index contributed by atoms with van der Waals surface area (Å²) in [6, 6.07) is 7.11. The van der Waals surface area contributed by atoms with E-state index in [0.29, 0.717) is 58.6 Å². The van der Waals surface area contributed by atoms with Crippen LogP contribution in [0.2, 0.25) is 0 Å². The summed E-state index contributed by atoms with van der Waals surface area (Å²) in [7, 11) is 0.